The second kappa shape index (κ2) is 7.45. The van der Waals surface area contributed by atoms with Gasteiger partial charge in [-0.15, -0.1) is 0 Å². The van der Waals surface area contributed by atoms with Gasteiger partial charge in [-0.2, -0.15) is 0 Å². The summed E-state index contributed by atoms with van der Waals surface area (Å²) in [6.07, 6.45) is 0.337. The van der Waals surface area contributed by atoms with E-state index < -0.39 is 22.7 Å². The Morgan fingerprint density at radius 2 is 2.13 bits per heavy atom. The molecular weight excluding hydrogens is 312 g/mol. The van der Waals surface area contributed by atoms with Crippen molar-refractivity contribution in [1.29, 1.82) is 0 Å². The lowest BCUT2D eigenvalue weighted by Gasteiger charge is -2.13. The van der Waals surface area contributed by atoms with E-state index in [4.69, 9.17) is 4.74 Å². The molecule has 2 N–H and O–H groups in total. The number of anilines is 1. The average molecular weight is 325 g/mol. The van der Waals surface area contributed by atoms with E-state index in [1.54, 1.807) is 0 Å². The van der Waals surface area contributed by atoms with Crippen LogP contribution in [0, 0.1) is 21.7 Å². The Morgan fingerprint density at radius 1 is 1.35 bits per heavy atom. The largest absolute Gasteiger partial charge is 0.491 e. The first-order valence-corrected chi connectivity index (χ1v) is 6.56. The Morgan fingerprint density at radius 3 is 2.83 bits per heavy atom. The highest BCUT2D eigenvalue weighted by Crippen LogP contribution is 2.20. The number of aliphatic hydroxyl groups excluding tert-OH is 1. The van der Waals surface area contributed by atoms with E-state index in [-0.39, 0.29) is 30.4 Å². The fourth-order valence-electron chi connectivity index (χ4n) is 1.71. The molecular formula is C14H13F2N3O4. The molecule has 0 aliphatic carbocycles. The zero-order valence-electron chi connectivity index (χ0n) is 11.8. The zero-order chi connectivity index (χ0) is 16.8. The van der Waals surface area contributed by atoms with Crippen LogP contribution in [0.3, 0.4) is 0 Å². The molecule has 1 aromatic heterocycles. The number of benzene rings is 1. The zero-order valence-corrected chi connectivity index (χ0v) is 11.8. The molecule has 0 bridgehead atoms. The van der Waals surface area contributed by atoms with Crippen molar-refractivity contribution in [2.24, 2.45) is 0 Å². The number of hydrogen-bond donors (Lipinski definition) is 2. The van der Waals surface area contributed by atoms with Gasteiger partial charge < -0.3 is 15.2 Å². The molecule has 0 radical (unpaired) electrons. The average Bonchev–Trinajstić information content (AvgIpc) is 2.54. The molecule has 9 heteroatoms. The normalized spacial score (nSPS) is 11.8. The lowest BCUT2D eigenvalue weighted by Crippen LogP contribution is -2.26. The summed E-state index contributed by atoms with van der Waals surface area (Å²) in [6.45, 7) is -0.278. The van der Waals surface area contributed by atoms with E-state index in [1.165, 1.54) is 24.4 Å². The van der Waals surface area contributed by atoms with Crippen LogP contribution < -0.4 is 10.1 Å². The second-order valence-corrected chi connectivity index (χ2v) is 4.55. The van der Waals surface area contributed by atoms with E-state index in [0.717, 1.165) is 12.1 Å². The Balaban J connectivity index is 1.87. The number of nitrogens with zero attached hydrogens (tertiary/aromatic N) is 2. The molecule has 7 nitrogen and oxygen atoms in total. The third kappa shape index (κ3) is 4.58. The third-order valence-corrected chi connectivity index (χ3v) is 2.82. The Hall–Kier alpha value is -2.81. The number of hydrogen-bond acceptors (Lipinski definition) is 6. The van der Waals surface area contributed by atoms with Crippen LogP contribution in [-0.4, -0.2) is 34.3 Å². The van der Waals surface area contributed by atoms with E-state index >= 15 is 0 Å². The van der Waals surface area contributed by atoms with Crippen molar-refractivity contribution in [3.8, 4) is 5.75 Å². The van der Waals surface area contributed by atoms with Gasteiger partial charge >= 0.3 is 5.69 Å². The number of aromatic nitrogens is 1. The van der Waals surface area contributed by atoms with Gasteiger partial charge in [0.05, 0.1) is 4.92 Å². The molecule has 1 atom stereocenters. The first kappa shape index (κ1) is 16.6. The van der Waals surface area contributed by atoms with Crippen LogP contribution in [0.1, 0.15) is 0 Å². The molecule has 0 spiro atoms. The molecule has 0 aliphatic heterocycles. The molecule has 2 rings (SSSR count). The number of halogens is 2. The highest BCUT2D eigenvalue weighted by atomic mass is 19.2. The molecule has 0 amide bonds. The SMILES string of the molecule is O=[N+]([O-])c1cccnc1NCC(O)COc1ccc(F)c(F)c1. The first-order valence-electron chi connectivity index (χ1n) is 6.56. The van der Waals surface area contributed by atoms with E-state index in [9.17, 15) is 24.0 Å². The van der Waals surface area contributed by atoms with Crippen molar-refractivity contribution in [3.05, 3.63) is 58.3 Å². The predicted octanol–water partition coefficient (Wildman–Crippen LogP) is 2.12. The number of rotatable bonds is 7. The molecule has 23 heavy (non-hydrogen) atoms. The van der Waals surface area contributed by atoms with Crippen molar-refractivity contribution >= 4 is 11.5 Å². The summed E-state index contributed by atoms with van der Waals surface area (Å²) >= 11 is 0. The van der Waals surface area contributed by atoms with Crippen LogP contribution in [0.25, 0.3) is 0 Å². The van der Waals surface area contributed by atoms with Gasteiger partial charge in [0.1, 0.15) is 18.5 Å². The first-order chi connectivity index (χ1) is 11.0. The van der Waals surface area contributed by atoms with E-state index in [2.05, 4.69) is 10.3 Å². The fraction of sp³-hybridized carbons (Fsp3) is 0.214. The maximum atomic E-state index is 13.0. The van der Waals surface area contributed by atoms with Crippen LogP contribution >= 0.6 is 0 Å². The number of nitro groups is 1. The van der Waals surface area contributed by atoms with Crippen LogP contribution in [0.2, 0.25) is 0 Å². The number of ether oxygens (including phenoxy) is 1. The summed E-state index contributed by atoms with van der Waals surface area (Å²) in [7, 11) is 0. The topological polar surface area (TPSA) is 97.5 Å². The molecule has 0 fully saturated rings. The van der Waals surface area contributed by atoms with E-state index in [1.807, 2.05) is 0 Å². The monoisotopic (exact) mass is 325 g/mol. The predicted molar refractivity (Wildman–Crippen MR) is 77.2 cm³/mol. The lowest BCUT2D eigenvalue weighted by molar-refractivity contribution is -0.384. The van der Waals surface area contributed by atoms with Crippen molar-refractivity contribution < 1.29 is 23.5 Å². The fourth-order valence-corrected chi connectivity index (χ4v) is 1.71. The van der Waals surface area contributed by atoms with Crippen molar-refractivity contribution in [3.63, 3.8) is 0 Å². The molecule has 122 valence electrons. The number of nitrogens with one attached hydrogen (secondary N) is 1. The molecule has 1 aromatic carbocycles. The van der Waals surface area contributed by atoms with Crippen molar-refractivity contribution in [1.82, 2.24) is 4.98 Å². The van der Waals surface area contributed by atoms with Crippen molar-refractivity contribution in [2.45, 2.75) is 6.10 Å². The minimum atomic E-state index is -1.06. The smallest absolute Gasteiger partial charge is 0.311 e. The van der Waals surface area contributed by atoms with Gasteiger partial charge in [0, 0.05) is 24.9 Å². The van der Waals surface area contributed by atoms with Crippen LogP contribution in [0.15, 0.2) is 36.5 Å². The minimum absolute atomic E-state index is 0.0179. The highest BCUT2D eigenvalue weighted by Gasteiger charge is 2.15. The van der Waals surface area contributed by atoms with Crippen LogP contribution in [0.5, 0.6) is 5.75 Å². The number of pyridine rings is 1. The molecule has 1 heterocycles. The van der Waals surface area contributed by atoms with Gasteiger partial charge in [0.2, 0.25) is 5.82 Å². The quantitative estimate of drug-likeness (QED) is 0.598. The summed E-state index contributed by atoms with van der Waals surface area (Å²) in [5.41, 5.74) is -0.221. The van der Waals surface area contributed by atoms with Gasteiger partial charge in [0.15, 0.2) is 11.6 Å². The molecule has 2 aromatic rings. The van der Waals surface area contributed by atoms with Crippen molar-refractivity contribution in [2.75, 3.05) is 18.5 Å². The second-order valence-electron chi connectivity index (χ2n) is 4.55. The summed E-state index contributed by atoms with van der Waals surface area (Å²) < 4.78 is 30.9. The molecule has 0 aliphatic rings. The molecule has 0 saturated carbocycles. The van der Waals surface area contributed by atoms with E-state index in [0.29, 0.717) is 0 Å². The van der Waals surface area contributed by atoms with Gasteiger partial charge in [-0.3, -0.25) is 10.1 Å². The van der Waals surface area contributed by atoms with Gasteiger partial charge in [-0.25, -0.2) is 13.8 Å². The van der Waals surface area contributed by atoms with Gasteiger partial charge in [0.25, 0.3) is 0 Å². The maximum absolute atomic E-state index is 13.0. The van der Waals surface area contributed by atoms with Gasteiger partial charge in [-0.05, 0) is 18.2 Å². The molecule has 1 unspecified atom stereocenters. The molecule has 0 saturated heterocycles. The Bertz CT molecular complexity index is 699. The van der Waals surface area contributed by atoms with Gasteiger partial charge in [-0.1, -0.05) is 0 Å². The summed E-state index contributed by atoms with van der Waals surface area (Å²) in [5.74, 6) is -1.97. The lowest BCUT2D eigenvalue weighted by atomic mass is 10.3. The minimum Gasteiger partial charge on any atom is -0.491 e. The maximum Gasteiger partial charge on any atom is 0.311 e. The summed E-state index contributed by atoms with van der Waals surface area (Å²) in [5, 5.41) is 23.2. The highest BCUT2D eigenvalue weighted by molar-refractivity contribution is 5.55. The summed E-state index contributed by atoms with van der Waals surface area (Å²) in [6, 6.07) is 5.69. The Kier molecular flexibility index (Phi) is 5.36. The summed E-state index contributed by atoms with van der Waals surface area (Å²) in [4.78, 5) is 14.0. The van der Waals surface area contributed by atoms with Crippen LogP contribution in [0.4, 0.5) is 20.3 Å². The number of aliphatic hydroxyl groups is 1. The van der Waals surface area contributed by atoms with Crippen LogP contribution in [-0.2, 0) is 0 Å². The third-order valence-electron chi connectivity index (χ3n) is 2.82. The Labute approximate surface area is 129 Å². The standard InChI is InChI=1S/C14H13F2N3O4/c15-11-4-3-10(6-12(11)16)23-8-9(20)7-18-14-13(19(21)22)2-1-5-17-14/h1-6,9,20H,7-8H2,(H,17,18).